The molecule has 0 radical (unpaired) electrons. The van der Waals surface area contributed by atoms with E-state index in [1.54, 1.807) is 0 Å². The molecule has 51 heavy (non-hydrogen) atoms. The van der Waals surface area contributed by atoms with Crippen molar-refractivity contribution in [2.75, 3.05) is 0 Å². The Morgan fingerprint density at radius 3 is 2.39 bits per heavy atom. The van der Waals surface area contributed by atoms with Crippen LogP contribution in [-0.2, 0) is 12.8 Å². The first-order chi connectivity index (χ1) is 25.0. The predicted octanol–water partition coefficient (Wildman–Crippen LogP) is 11.5. The van der Waals surface area contributed by atoms with Crippen molar-refractivity contribution in [1.29, 1.82) is 0 Å². The number of aromatic nitrogens is 4. The third kappa shape index (κ3) is 5.11. The van der Waals surface area contributed by atoms with E-state index < -0.39 is 0 Å². The first-order valence-corrected chi connectivity index (χ1v) is 18.4. The molecular weight excluding hydrogens is 629 g/mol. The number of hydrogen-bond acceptors (Lipinski definition) is 5. The normalized spacial score (nSPS) is 16.5. The molecule has 3 aromatic carbocycles. The molecule has 2 aliphatic carbocycles. The van der Waals surface area contributed by atoms with Crippen LogP contribution in [0, 0.1) is 32.6 Å². The number of aryl methyl sites for hydroxylation is 3. The average Bonchev–Trinajstić information content (AvgIpc) is 3.84. The molecule has 8 aromatic rings. The van der Waals surface area contributed by atoms with Crippen LogP contribution < -0.4 is 4.74 Å². The number of ether oxygens (including phenoxy) is 1. The highest BCUT2D eigenvalue weighted by atomic mass is 16.5. The van der Waals surface area contributed by atoms with Gasteiger partial charge in [-0.15, -0.1) is 0 Å². The van der Waals surface area contributed by atoms with Crippen molar-refractivity contribution in [3.05, 3.63) is 119 Å². The summed E-state index contributed by atoms with van der Waals surface area (Å²) in [6.45, 7) is 6.22. The van der Waals surface area contributed by atoms with Gasteiger partial charge in [-0.2, -0.15) is 0 Å². The summed E-state index contributed by atoms with van der Waals surface area (Å²) in [6.07, 6.45) is 13.3. The van der Waals surface area contributed by atoms with E-state index in [0.717, 1.165) is 80.4 Å². The average molecular weight is 669 g/mol. The van der Waals surface area contributed by atoms with Crippen molar-refractivity contribution in [3.8, 4) is 28.6 Å². The van der Waals surface area contributed by atoms with Crippen LogP contribution in [0.25, 0.3) is 61.0 Å². The van der Waals surface area contributed by atoms with Crippen LogP contribution in [0.1, 0.15) is 60.1 Å². The molecule has 0 spiro atoms. The monoisotopic (exact) mass is 668 g/mol. The van der Waals surface area contributed by atoms with Crippen molar-refractivity contribution < 1.29 is 9.15 Å². The Balaban J connectivity index is 1.10. The van der Waals surface area contributed by atoms with Crippen LogP contribution >= 0.6 is 0 Å². The molecule has 2 aliphatic rings. The van der Waals surface area contributed by atoms with E-state index in [1.165, 1.54) is 59.7 Å². The van der Waals surface area contributed by atoms with Gasteiger partial charge >= 0.3 is 0 Å². The molecule has 10 rings (SSSR count). The molecule has 1 unspecified atom stereocenters. The summed E-state index contributed by atoms with van der Waals surface area (Å²) in [5.41, 5.74) is 11.6. The van der Waals surface area contributed by atoms with Gasteiger partial charge < -0.3 is 9.15 Å². The van der Waals surface area contributed by atoms with E-state index >= 15 is 0 Å². The number of benzene rings is 3. The van der Waals surface area contributed by atoms with E-state index in [9.17, 15) is 0 Å². The zero-order valence-corrected chi connectivity index (χ0v) is 29.4. The number of fused-ring (bicyclic) bond motifs is 7. The zero-order valence-electron chi connectivity index (χ0n) is 29.4. The number of pyridine rings is 3. The second kappa shape index (κ2) is 11.8. The lowest BCUT2D eigenvalue weighted by atomic mass is 9.79. The molecule has 252 valence electrons. The highest BCUT2D eigenvalue weighted by molar-refractivity contribution is 6.10. The Hall–Kier alpha value is -5.49. The number of hydrogen-bond donors (Lipinski definition) is 0. The molecular formula is C45H40N4O2. The first-order valence-electron chi connectivity index (χ1n) is 18.4. The molecule has 5 aromatic heterocycles. The lowest BCUT2D eigenvalue weighted by Gasteiger charge is -2.27. The zero-order chi connectivity index (χ0) is 34.2. The lowest BCUT2D eigenvalue weighted by molar-refractivity contribution is 0.255. The third-order valence-electron chi connectivity index (χ3n) is 11.7. The molecule has 0 amide bonds. The van der Waals surface area contributed by atoms with Crippen molar-refractivity contribution in [2.24, 2.45) is 11.8 Å². The van der Waals surface area contributed by atoms with E-state index in [2.05, 4.69) is 97.4 Å². The minimum absolute atomic E-state index is 0.612. The van der Waals surface area contributed by atoms with Gasteiger partial charge in [0, 0.05) is 51.3 Å². The largest absolute Gasteiger partial charge is 0.453 e. The maximum absolute atomic E-state index is 6.86. The van der Waals surface area contributed by atoms with Gasteiger partial charge in [-0.25, -0.2) is 9.97 Å². The molecule has 0 bridgehead atoms. The van der Waals surface area contributed by atoms with E-state index in [0.29, 0.717) is 17.0 Å². The SMILES string of the molecule is Cc1ccc2c(n1)oc1c(Oc3ccc4c5ccccc5n(-c5cc(C)c(C)cn5)c4c3)cc(-c3cc4c(cn3)CC(C3CCCCC3)C4)cc12. The smallest absolute Gasteiger partial charge is 0.227 e. The molecule has 5 heterocycles. The molecule has 0 N–H and O–H groups in total. The Morgan fingerprint density at radius 2 is 1.51 bits per heavy atom. The predicted molar refractivity (Wildman–Crippen MR) is 205 cm³/mol. The quantitative estimate of drug-likeness (QED) is 0.183. The number of para-hydroxylation sites is 1. The van der Waals surface area contributed by atoms with Crippen molar-refractivity contribution in [2.45, 2.75) is 65.7 Å². The molecule has 1 fully saturated rings. The van der Waals surface area contributed by atoms with Crippen LogP contribution in [0.15, 0.2) is 95.7 Å². The van der Waals surface area contributed by atoms with Gasteiger partial charge in [0.05, 0.1) is 16.7 Å². The Kier molecular flexibility index (Phi) is 7.02. The van der Waals surface area contributed by atoms with Gasteiger partial charge in [0.15, 0.2) is 11.3 Å². The maximum Gasteiger partial charge on any atom is 0.227 e. The summed E-state index contributed by atoms with van der Waals surface area (Å²) < 4.78 is 15.6. The summed E-state index contributed by atoms with van der Waals surface area (Å²) in [5, 5.41) is 4.27. The van der Waals surface area contributed by atoms with E-state index in [4.69, 9.17) is 24.1 Å². The molecule has 0 aliphatic heterocycles. The summed E-state index contributed by atoms with van der Waals surface area (Å²) in [6, 6.07) is 27.7. The van der Waals surface area contributed by atoms with Crippen molar-refractivity contribution in [3.63, 3.8) is 0 Å². The number of furan rings is 1. The third-order valence-corrected chi connectivity index (χ3v) is 11.7. The second-order valence-electron chi connectivity index (χ2n) is 14.9. The number of rotatable bonds is 5. The summed E-state index contributed by atoms with van der Waals surface area (Å²) in [5.74, 6) is 3.84. The molecule has 6 nitrogen and oxygen atoms in total. The fourth-order valence-electron chi connectivity index (χ4n) is 8.80. The molecule has 1 saturated carbocycles. The van der Waals surface area contributed by atoms with Gasteiger partial charge in [-0.3, -0.25) is 9.55 Å². The Labute approximate surface area is 297 Å². The van der Waals surface area contributed by atoms with Crippen LogP contribution in [0.5, 0.6) is 11.5 Å². The van der Waals surface area contributed by atoms with E-state index in [1.807, 2.05) is 19.2 Å². The van der Waals surface area contributed by atoms with Crippen LogP contribution in [-0.4, -0.2) is 19.5 Å². The lowest BCUT2D eigenvalue weighted by Crippen LogP contribution is -2.18. The minimum atomic E-state index is 0.612. The van der Waals surface area contributed by atoms with Gasteiger partial charge in [0.25, 0.3) is 0 Å². The fourth-order valence-corrected chi connectivity index (χ4v) is 8.80. The van der Waals surface area contributed by atoms with Crippen LogP contribution in [0.4, 0.5) is 0 Å². The van der Waals surface area contributed by atoms with E-state index in [-0.39, 0.29) is 0 Å². The fraction of sp³-hybridized carbons (Fsp3) is 0.267. The Morgan fingerprint density at radius 1 is 0.686 bits per heavy atom. The van der Waals surface area contributed by atoms with Gasteiger partial charge in [0.2, 0.25) is 5.71 Å². The molecule has 1 atom stereocenters. The summed E-state index contributed by atoms with van der Waals surface area (Å²) >= 11 is 0. The minimum Gasteiger partial charge on any atom is -0.453 e. The standard InChI is InChI=1S/C45H40N4O2/c1-26-17-43(47-24-27(26)2)49-40-12-8-7-11-35(40)36-16-14-34(23-41(36)49)50-42-22-32(20-38-37-15-13-28(3)48-45(37)51-44(38)42)39-21-31-18-30(19-33(31)25-46-39)29-9-5-4-6-10-29/h7-8,11-17,20-25,29-30H,4-6,9-10,18-19H2,1-3H3. The second-order valence-corrected chi connectivity index (χ2v) is 14.9. The van der Waals surface area contributed by atoms with Gasteiger partial charge in [-0.1, -0.05) is 50.3 Å². The number of nitrogens with zero attached hydrogens (tertiary/aromatic N) is 4. The molecule has 0 saturated heterocycles. The van der Waals surface area contributed by atoms with Crippen molar-refractivity contribution >= 4 is 43.9 Å². The van der Waals surface area contributed by atoms with Crippen LogP contribution in [0.2, 0.25) is 0 Å². The van der Waals surface area contributed by atoms with Gasteiger partial charge in [0.1, 0.15) is 11.6 Å². The van der Waals surface area contributed by atoms with Gasteiger partial charge in [-0.05, 0) is 122 Å². The maximum atomic E-state index is 6.86. The first kappa shape index (κ1) is 30.3. The van der Waals surface area contributed by atoms with Crippen molar-refractivity contribution in [1.82, 2.24) is 19.5 Å². The summed E-state index contributed by atoms with van der Waals surface area (Å²) in [7, 11) is 0. The molecule has 6 heteroatoms. The highest BCUT2D eigenvalue weighted by Gasteiger charge is 2.30. The van der Waals surface area contributed by atoms with Crippen LogP contribution in [0.3, 0.4) is 0 Å². The Bertz CT molecular complexity index is 2660. The topological polar surface area (TPSA) is 66.0 Å². The summed E-state index contributed by atoms with van der Waals surface area (Å²) in [4.78, 5) is 14.6. The highest BCUT2D eigenvalue weighted by Crippen LogP contribution is 2.43.